The number of carbonyl (C=O) groups is 1. The molecule has 2 fully saturated rings. The fourth-order valence-corrected chi connectivity index (χ4v) is 3.02. The Balaban J connectivity index is 1.91. The number of halogens is 1. The minimum absolute atomic E-state index is 0.389. The minimum atomic E-state index is -0.881. The molecule has 1 saturated carbocycles. The van der Waals surface area contributed by atoms with E-state index < -0.39 is 11.7 Å². The van der Waals surface area contributed by atoms with Gasteiger partial charge in [0.05, 0.1) is 31.4 Å². The Labute approximate surface area is 117 Å². The van der Waals surface area contributed by atoms with Crippen LogP contribution in [-0.2, 0) is 15.0 Å². The quantitative estimate of drug-likeness (QED) is 0.790. The molecule has 5 heteroatoms. The number of morpholine rings is 1. The summed E-state index contributed by atoms with van der Waals surface area (Å²) in [7, 11) is 1.35. The molecule has 1 saturated heterocycles. The number of benzene rings is 1. The van der Waals surface area contributed by atoms with Gasteiger partial charge in [0.2, 0.25) is 0 Å². The SMILES string of the molecule is COC(=O)c1cccc(C2(N3CCOCC3)CC2F)c1. The molecule has 20 heavy (non-hydrogen) atoms. The molecule has 0 spiro atoms. The third-order valence-electron chi connectivity index (χ3n) is 4.21. The average molecular weight is 279 g/mol. The number of rotatable bonds is 3. The van der Waals surface area contributed by atoms with Crippen molar-refractivity contribution >= 4 is 5.97 Å². The highest BCUT2D eigenvalue weighted by Gasteiger charge is 2.60. The van der Waals surface area contributed by atoms with E-state index in [2.05, 4.69) is 4.90 Å². The van der Waals surface area contributed by atoms with Gasteiger partial charge in [0, 0.05) is 19.5 Å². The Morgan fingerprint density at radius 1 is 1.45 bits per heavy atom. The van der Waals surface area contributed by atoms with E-state index in [4.69, 9.17) is 9.47 Å². The van der Waals surface area contributed by atoms with Crippen LogP contribution >= 0.6 is 0 Å². The lowest BCUT2D eigenvalue weighted by Gasteiger charge is -2.35. The van der Waals surface area contributed by atoms with Crippen LogP contribution in [0.3, 0.4) is 0 Å². The number of alkyl halides is 1. The Morgan fingerprint density at radius 2 is 2.15 bits per heavy atom. The molecule has 0 amide bonds. The van der Waals surface area contributed by atoms with Gasteiger partial charge in [-0.1, -0.05) is 12.1 Å². The first-order valence-electron chi connectivity index (χ1n) is 6.84. The maximum Gasteiger partial charge on any atom is 0.337 e. The summed E-state index contributed by atoms with van der Waals surface area (Å²) in [4.78, 5) is 13.8. The zero-order valence-electron chi connectivity index (χ0n) is 11.5. The van der Waals surface area contributed by atoms with Gasteiger partial charge in [-0.2, -0.15) is 0 Å². The van der Waals surface area contributed by atoms with E-state index in [1.807, 2.05) is 6.07 Å². The van der Waals surface area contributed by atoms with Crippen molar-refractivity contribution in [3.8, 4) is 0 Å². The molecule has 3 rings (SSSR count). The van der Waals surface area contributed by atoms with Gasteiger partial charge in [0.1, 0.15) is 6.17 Å². The smallest absolute Gasteiger partial charge is 0.337 e. The molecule has 0 radical (unpaired) electrons. The molecule has 1 aromatic rings. The molecule has 2 atom stereocenters. The second kappa shape index (κ2) is 5.14. The molecule has 0 bridgehead atoms. The lowest BCUT2D eigenvalue weighted by Crippen LogP contribution is -2.45. The maximum atomic E-state index is 14.1. The molecule has 1 aliphatic carbocycles. The van der Waals surface area contributed by atoms with Gasteiger partial charge in [-0.15, -0.1) is 0 Å². The van der Waals surface area contributed by atoms with Gasteiger partial charge in [0.15, 0.2) is 0 Å². The highest BCUT2D eigenvalue weighted by Crippen LogP contribution is 2.53. The maximum absolute atomic E-state index is 14.1. The predicted octanol–water partition coefficient (Wildman–Crippen LogP) is 1.74. The molecular formula is C15H18FNO3. The summed E-state index contributed by atoms with van der Waals surface area (Å²) < 4.78 is 24.2. The van der Waals surface area contributed by atoms with Crippen LogP contribution < -0.4 is 0 Å². The first-order chi connectivity index (χ1) is 9.68. The third kappa shape index (κ3) is 2.11. The summed E-state index contributed by atoms with van der Waals surface area (Å²) in [6.45, 7) is 2.71. The molecule has 1 aromatic carbocycles. The lowest BCUT2D eigenvalue weighted by molar-refractivity contribution is 0.00195. The molecule has 2 aliphatic rings. The van der Waals surface area contributed by atoms with Gasteiger partial charge in [-0.05, 0) is 17.7 Å². The van der Waals surface area contributed by atoms with E-state index in [1.165, 1.54) is 7.11 Å². The van der Waals surface area contributed by atoms with Gasteiger partial charge in [-0.3, -0.25) is 4.90 Å². The van der Waals surface area contributed by atoms with E-state index in [9.17, 15) is 9.18 Å². The highest BCUT2D eigenvalue weighted by molar-refractivity contribution is 5.89. The number of esters is 1. The standard InChI is InChI=1S/C15H18FNO3/c1-19-14(18)11-3-2-4-12(9-11)15(10-13(15)16)17-5-7-20-8-6-17/h2-4,9,13H,5-8,10H2,1H3. The van der Waals surface area contributed by atoms with Crippen molar-refractivity contribution in [3.63, 3.8) is 0 Å². The summed E-state index contributed by atoms with van der Waals surface area (Å²) in [5.41, 5.74) is 0.750. The third-order valence-corrected chi connectivity index (χ3v) is 4.21. The van der Waals surface area contributed by atoms with Crippen molar-refractivity contribution in [1.29, 1.82) is 0 Å². The van der Waals surface area contributed by atoms with E-state index in [1.54, 1.807) is 18.2 Å². The van der Waals surface area contributed by atoms with Crippen LogP contribution in [0.2, 0.25) is 0 Å². The van der Waals surface area contributed by atoms with Crippen molar-refractivity contribution in [2.75, 3.05) is 33.4 Å². The van der Waals surface area contributed by atoms with Crippen molar-refractivity contribution in [2.24, 2.45) is 0 Å². The van der Waals surface area contributed by atoms with Crippen molar-refractivity contribution in [2.45, 2.75) is 18.1 Å². The van der Waals surface area contributed by atoms with Gasteiger partial charge in [-0.25, -0.2) is 9.18 Å². The minimum Gasteiger partial charge on any atom is -0.465 e. The highest BCUT2D eigenvalue weighted by atomic mass is 19.1. The molecular weight excluding hydrogens is 261 g/mol. The molecule has 0 N–H and O–H groups in total. The second-order valence-corrected chi connectivity index (χ2v) is 5.27. The molecule has 108 valence electrons. The zero-order chi connectivity index (χ0) is 14.2. The Hall–Kier alpha value is -1.46. The largest absolute Gasteiger partial charge is 0.465 e. The lowest BCUT2D eigenvalue weighted by atomic mass is 9.99. The number of methoxy groups -OCH3 is 1. The summed E-state index contributed by atoms with van der Waals surface area (Å²) in [6, 6.07) is 7.12. The fourth-order valence-electron chi connectivity index (χ4n) is 3.02. The monoisotopic (exact) mass is 279 g/mol. The Kier molecular flexibility index (Phi) is 3.48. The van der Waals surface area contributed by atoms with E-state index >= 15 is 0 Å². The second-order valence-electron chi connectivity index (χ2n) is 5.27. The van der Waals surface area contributed by atoms with Gasteiger partial charge >= 0.3 is 5.97 Å². The summed E-state index contributed by atoms with van der Waals surface area (Å²) in [6.07, 6.45) is -0.397. The normalized spacial score (nSPS) is 30.0. The molecule has 2 unspecified atom stereocenters. The van der Waals surface area contributed by atoms with Crippen LogP contribution in [0.5, 0.6) is 0 Å². The summed E-state index contributed by atoms with van der Waals surface area (Å²) in [5.74, 6) is -0.389. The van der Waals surface area contributed by atoms with Crippen LogP contribution in [0.15, 0.2) is 24.3 Å². The number of carbonyl (C=O) groups excluding carboxylic acids is 1. The first-order valence-corrected chi connectivity index (χ1v) is 6.84. The number of nitrogens with zero attached hydrogens (tertiary/aromatic N) is 1. The molecule has 1 heterocycles. The van der Waals surface area contributed by atoms with Gasteiger partial charge < -0.3 is 9.47 Å². The first kappa shape index (κ1) is 13.5. The van der Waals surface area contributed by atoms with Crippen LogP contribution in [-0.4, -0.2) is 50.5 Å². The van der Waals surface area contributed by atoms with Crippen LogP contribution in [0.1, 0.15) is 22.3 Å². The van der Waals surface area contributed by atoms with Crippen molar-refractivity contribution in [3.05, 3.63) is 35.4 Å². The molecule has 1 aliphatic heterocycles. The molecule has 4 nitrogen and oxygen atoms in total. The number of hydrogen-bond donors (Lipinski definition) is 0. The predicted molar refractivity (Wildman–Crippen MR) is 71.4 cm³/mol. The van der Waals surface area contributed by atoms with Crippen LogP contribution in [0.4, 0.5) is 4.39 Å². The summed E-state index contributed by atoms with van der Waals surface area (Å²) in [5, 5.41) is 0. The van der Waals surface area contributed by atoms with Gasteiger partial charge in [0.25, 0.3) is 0 Å². The fraction of sp³-hybridized carbons (Fsp3) is 0.533. The molecule has 0 aromatic heterocycles. The zero-order valence-corrected chi connectivity index (χ0v) is 11.5. The van der Waals surface area contributed by atoms with E-state index in [0.29, 0.717) is 25.2 Å². The van der Waals surface area contributed by atoms with E-state index in [0.717, 1.165) is 18.7 Å². The van der Waals surface area contributed by atoms with Crippen molar-refractivity contribution in [1.82, 2.24) is 4.90 Å². The van der Waals surface area contributed by atoms with Crippen LogP contribution in [0.25, 0.3) is 0 Å². The topological polar surface area (TPSA) is 38.8 Å². The van der Waals surface area contributed by atoms with Crippen LogP contribution in [0, 0.1) is 0 Å². The van der Waals surface area contributed by atoms with E-state index in [-0.39, 0.29) is 5.97 Å². The Bertz CT molecular complexity index is 516. The number of ether oxygens (including phenoxy) is 2. The average Bonchev–Trinajstić information content (AvgIpc) is 3.20. The Morgan fingerprint density at radius 3 is 2.75 bits per heavy atom. The summed E-state index contributed by atoms with van der Waals surface area (Å²) >= 11 is 0. The van der Waals surface area contributed by atoms with Crippen molar-refractivity contribution < 1.29 is 18.7 Å². The number of hydrogen-bond acceptors (Lipinski definition) is 4.